The highest BCUT2D eigenvalue weighted by Gasteiger charge is 2.33. The van der Waals surface area contributed by atoms with E-state index in [0.29, 0.717) is 11.3 Å². The van der Waals surface area contributed by atoms with Crippen molar-refractivity contribution >= 4 is 5.97 Å². The third-order valence-corrected chi connectivity index (χ3v) is 3.04. The molecule has 92 valence electrons. The van der Waals surface area contributed by atoms with Crippen LogP contribution in [0.15, 0.2) is 11.6 Å². The van der Waals surface area contributed by atoms with E-state index >= 15 is 0 Å². The number of carbonyl (C=O) groups excluding carboxylic acids is 1. The lowest BCUT2D eigenvalue weighted by Crippen LogP contribution is -2.33. The van der Waals surface area contributed by atoms with Gasteiger partial charge in [-0.1, -0.05) is 26.3 Å². The standard InChI is InChI=1S/C14H24O2/c1-10(2)6-13(15)16-12-7-11(3)8-14(4,5)9-12/h6,11-12H,7-9H2,1-5H3/t11-,12+/m1/s1. The predicted molar refractivity (Wildman–Crippen MR) is 66.1 cm³/mol. The molecule has 1 aliphatic rings. The number of hydrogen-bond donors (Lipinski definition) is 0. The van der Waals surface area contributed by atoms with Gasteiger partial charge in [0.05, 0.1) is 0 Å². The van der Waals surface area contributed by atoms with Gasteiger partial charge in [-0.05, 0) is 44.4 Å². The molecular weight excluding hydrogens is 200 g/mol. The Hall–Kier alpha value is -0.790. The zero-order chi connectivity index (χ0) is 12.3. The molecule has 0 aromatic heterocycles. The summed E-state index contributed by atoms with van der Waals surface area (Å²) >= 11 is 0. The van der Waals surface area contributed by atoms with Gasteiger partial charge in [-0.3, -0.25) is 0 Å². The Balaban J connectivity index is 2.55. The van der Waals surface area contributed by atoms with Gasteiger partial charge in [0, 0.05) is 6.08 Å². The highest BCUT2D eigenvalue weighted by molar-refractivity contribution is 5.82. The molecule has 16 heavy (non-hydrogen) atoms. The summed E-state index contributed by atoms with van der Waals surface area (Å²) in [6, 6.07) is 0. The summed E-state index contributed by atoms with van der Waals surface area (Å²) in [5.41, 5.74) is 1.29. The van der Waals surface area contributed by atoms with E-state index in [1.165, 1.54) is 6.42 Å². The normalized spacial score (nSPS) is 28.3. The van der Waals surface area contributed by atoms with Gasteiger partial charge in [-0.25, -0.2) is 4.79 Å². The fraction of sp³-hybridized carbons (Fsp3) is 0.786. The quantitative estimate of drug-likeness (QED) is 0.528. The van der Waals surface area contributed by atoms with Crippen LogP contribution in [0.2, 0.25) is 0 Å². The second-order valence-electron chi connectivity index (χ2n) is 6.19. The van der Waals surface area contributed by atoms with E-state index in [4.69, 9.17) is 4.74 Å². The van der Waals surface area contributed by atoms with E-state index in [9.17, 15) is 4.79 Å². The van der Waals surface area contributed by atoms with Crippen LogP contribution in [0, 0.1) is 11.3 Å². The summed E-state index contributed by atoms with van der Waals surface area (Å²) in [4.78, 5) is 11.5. The van der Waals surface area contributed by atoms with Crippen molar-refractivity contribution in [2.24, 2.45) is 11.3 Å². The first-order valence-electron chi connectivity index (χ1n) is 6.14. The van der Waals surface area contributed by atoms with E-state index < -0.39 is 0 Å². The Morgan fingerprint density at radius 3 is 2.44 bits per heavy atom. The fourth-order valence-corrected chi connectivity index (χ4v) is 2.78. The van der Waals surface area contributed by atoms with Crippen LogP contribution in [0.4, 0.5) is 0 Å². The molecule has 0 N–H and O–H groups in total. The minimum absolute atomic E-state index is 0.0989. The second-order valence-corrected chi connectivity index (χ2v) is 6.19. The molecule has 0 aromatic rings. The Kier molecular flexibility index (Phi) is 4.17. The average molecular weight is 224 g/mol. The summed E-state index contributed by atoms with van der Waals surface area (Å²) in [6.07, 6.45) is 4.89. The maximum Gasteiger partial charge on any atom is 0.330 e. The highest BCUT2D eigenvalue weighted by atomic mass is 16.5. The van der Waals surface area contributed by atoms with Crippen molar-refractivity contribution < 1.29 is 9.53 Å². The third kappa shape index (κ3) is 4.38. The lowest BCUT2D eigenvalue weighted by atomic mass is 9.71. The zero-order valence-electron chi connectivity index (χ0n) is 11.2. The number of rotatable bonds is 2. The SMILES string of the molecule is CC(C)=CC(=O)O[C@H]1C[C@@H](C)CC(C)(C)C1. The van der Waals surface area contributed by atoms with Crippen LogP contribution < -0.4 is 0 Å². The second kappa shape index (κ2) is 5.03. The summed E-state index contributed by atoms with van der Waals surface area (Å²) < 4.78 is 5.49. The van der Waals surface area contributed by atoms with Crippen molar-refractivity contribution in [2.45, 2.75) is 60.0 Å². The van der Waals surface area contributed by atoms with Gasteiger partial charge in [0.15, 0.2) is 0 Å². The summed E-state index contributed by atoms with van der Waals surface area (Å²) in [7, 11) is 0. The van der Waals surface area contributed by atoms with E-state index in [-0.39, 0.29) is 12.1 Å². The zero-order valence-corrected chi connectivity index (χ0v) is 11.2. The van der Waals surface area contributed by atoms with Crippen LogP contribution in [-0.2, 0) is 9.53 Å². The van der Waals surface area contributed by atoms with Crippen LogP contribution in [0.3, 0.4) is 0 Å². The van der Waals surface area contributed by atoms with Crippen LogP contribution >= 0.6 is 0 Å². The molecule has 0 saturated heterocycles. The molecule has 0 heterocycles. The lowest BCUT2D eigenvalue weighted by molar-refractivity contribution is -0.147. The predicted octanol–water partition coefficient (Wildman–Crippen LogP) is 3.71. The van der Waals surface area contributed by atoms with Crippen molar-refractivity contribution in [3.05, 3.63) is 11.6 Å². The molecule has 1 aliphatic carbocycles. The van der Waals surface area contributed by atoms with Crippen LogP contribution in [-0.4, -0.2) is 12.1 Å². The van der Waals surface area contributed by atoms with Gasteiger partial charge in [-0.2, -0.15) is 0 Å². The first kappa shape index (κ1) is 13.3. The number of hydrogen-bond acceptors (Lipinski definition) is 2. The Morgan fingerprint density at radius 1 is 1.31 bits per heavy atom. The van der Waals surface area contributed by atoms with Gasteiger partial charge in [-0.15, -0.1) is 0 Å². The van der Waals surface area contributed by atoms with Crippen LogP contribution in [0.1, 0.15) is 53.9 Å². The molecule has 0 amide bonds. The summed E-state index contributed by atoms with van der Waals surface area (Å²) in [5, 5.41) is 0. The molecule has 2 atom stereocenters. The number of carbonyl (C=O) groups is 1. The molecule has 0 aromatic carbocycles. The molecule has 1 saturated carbocycles. The molecule has 1 rings (SSSR count). The van der Waals surface area contributed by atoms with Gasteiger partial charge in [0.1, 0.15) is 6.10 Å². The van der Waals surface area contributed by atoms with Crippen LogP contribution in [0.5, 0.6) is 0 Å². The third-order valence-electron chi connectivity index (χ3n) is 3.04. The maximum absolute atomic E-state index is 11.5. The first-order valence-corrected chi connectivity index (χ1v) is 6.14. The molecule has 0 aliphatic heterocycles. The van der Waals surface area contributed by atoms with E-state index in [1.807, 2.05) is 13.8 Å². The molecule has 0 spiro atoms. The molecule has 1 fully saturated rings. The first-order chi connectivity index (χ1) is 7.28. The van der Waals surface area contributed by atoms with Gasteiger partial charge < -0.3 is 4.74 Å². The van der Waals surface area contributed by atoms with Gasteiger partial charge in [0.25, 0.3) is 0 Å². The monoisotopic (exact) mass is 224 g/mol. The highest BCUT2D eigenvalue weighted by Crippen LogP contribution is 2.39. The van der Waals surface area contributed by atoms with Gasteiger partial charge >= 0.3 is 5.97 Å². The van der Waals surface area contributed by atoms with Crippen molar-refractivity contribution in [3.8, 4) is 0 Å². The van der Waals surface area contributed by atoms with Crippen molar-refractivity contribution in [3.63, 3.8) is 0 Å². The Morgan fingerprint density at radius 2 is 1.94 bits per heavy atom. The van der Waals surface area contributed by atoms with E-state index in [2.05, 4.69) is 20.8 Å². The largest absolute Gasteiger partial charge is 0.459 e. The topological polar surface area (TPSA) is 26.3 Å². The minimum Gasteiger partial charge on any atom is -0.459 e. The van der Waals surface area contributed by atoms with Crippen molar-refractivity contribution in [2.75, 3.05) is 0 Å². The Labute approximate surface area is 99.1 Å². The molecule has 0 unspecified atom stereocenters. The van der Waals surface area contributed by atoms with Crippen LogP contribution in [0.25, 0.3) is 0 Å². The summed E-state index contributed by atoms with van der Waals surface area (Å²) in [5.74, 6) is 0.461. The smallest absolute Gasteiger partial charge is 0.330 e. The molecular formula is C14H24O2. The van der Waals surface area contributed by atoms with Crippen molar-refractivity contribution in [1.82, 2.24) is 0 Å². The number of ether oxygens (including phenoxy) is 1. The Bertz CT molecular complexity index is 285. The fourth-order valence-electron chi connectivity index (χ4n) is 2.78. The summed E-state index contributed by atoms with van der Waals surface area (Å²) in [6.45, 7) is 10.6. The average Bonchev–Trinajstić information content (AvgIpc) is 1.95. The molecule has 0 radical (unpaired) electrons. The number of allylic oxidation sites excluding steroid dienone is 1. The lowest BCUT2D eigenvalue weighted by Gasteiger charge is -2.38. The van der Waals surface area contributed by atoms with E-state index in [1.54, 1.807) is 6.08 Å². The van der Waals surface area contributed by atoms with Gasteiger partial charge in [0.2, 0.25) is 0 Å². The molecule has 0 bridgehead atoms. The number of esters is 1. The maximum atomic E-state index is 11.5. The van der Waals surface area contributed by atoms with E-state index in [0.717, 1.165) is 18.4 Å². The molecule has 2 nitrogen and oxygen atoms in total. The molecule has 2 heteroatoms. The minimum atomic E-state index is -0.185. The van der Waals surface area contributed by atoms with Crippen molar-refractivity contribution in [1.29, 1.82) is 0 Å².